The highest BCUT2D eigenvalue weighted by atomic mass is 19.1. The van der Waals surface area contributed by atoms with E-state index in [1.165, 1.54) is 0 Å². The predicted molar refractivity (Wildman–Crippen MR) is 53.6 cm³/mol. The van der Waals surface area contributed by atoms with Crippen molar-refractivity contribution in [2.24, 2.45) is 0 Å². The molecular formula is C11H14FO2. The Balaban J connectivity index is 3.04. The molecule has 14 heavy (non-hydrogen) atoms. The Morgan fingerprint density at radius 3 is 2.07 bits per heavy atom. The van der Waals surface area contributed by atoms with Crippen LogP contribution in [0.3, 0.4) is 0 Å². The van der Waals surface area contributed by atoms with E-state index in [-0.39, 0.29) is 5.92 Å². The minimum Gasteiger partial charge on any atom is -0.497 e. The van der Waals surface area contributed by atoms with Gasteiger partial charge in [0.05, 0.1) is 20.9 Å². The molecule has 0 amide bonds. The van der Waals surface area contributed by atoms with Crippen LogP contribution in [0.4, 0.5) is 4.39 Å². The standard InChI is InChI=1S/C11H14FO2/c1-8(7-12)9-4-10(13-2)6-11(5-9)14-3/h4-6,8H,1,7H2,2-3H3. The van der Waals surface area contributed by atoms with Crippen LogP contribution in [-0.4, -0.2) is 20.9 Å². The molecule has 0 aliphatic heterocycles. The van der Waals surface area contributed by atoms with Crippen molar-refractivity contribution in [3.63, 3.8) is 0 Å². The molecule has 1 unspecified atom stereocenters. The molecule has 1 aromatic carbocycles. The molecule has 77 valence electrons. The van der Waals surface area contributed by atoms with Crippen LogP contribution < -0.4 is 9.47 Å². The molecule has 1 rings (SSSR count). The van der Waals surface area contributed by atoms with Crippen LogP contribution in [0, 0.1) is 6.92 Å². The Bertz CT molecular complexity index is 277. The van der Waals surface area contributed by atoms with E-state index in [0.29, 0.717) is 11.5 Å². The molecular weight excluding hydrogens is 183 g/mol. The summed E-state index contributed by atoms with van der Waals surface area (Å²) in [5.41, 5.74) is 0.781. The van der Waals surface area contributed by atoms with Gasteiger partial charge in [0.25, 0.3) is 0 Å². The summed E-state index contributed by atoms with van der Waals surface area (Å²) >= 11 is 0. The van der Waals surface area contributed by atoms with Gasteiger partial charge in [-0.25, -0.2) is 0 Å². The van der Waals surface area contributed by atoms with Crippen LogP contribution in [0.25, 0.3) is 0 Å². The van der Waals surface area contributed by atoms with Gasteiger partial charge in [-0.05, 0) is 24.6 Å². The highest BCUT2D eigenvalue weighted by Gasteiger charge is 2.08. The zero-order valence-electron chi connectivity index (χ0n) is 8.42. The van der Waals surface area contributed by atoms with E-state index in [0.717, 1.165) is 5.56 Å². The first-order chi connectivity index (χ1) is 6.71. The van der Waals surface area contributed by atoms with Crippen LogP contribution in [0.5, 0.6) is 11.5 Å². The summed E-state index contributed by atoms with van der Waals surface area (Å²) < 4.78 is 22.5. The highest BCUT2D eigenvalue weighted by molar-refractivity contribution is 5.40. The first kappa shape index (κ1) is 10.8. The number of ether oxygens (including phenoxy) is 2. The molecule has 0 saturated carbocycles. The molecule has 0 aliphatic rings. The Morgan fingerprint density at radius 1 is 1.21 bits per heavy atom. The predicted octanol–water partition coefficient (Wildman–Crippen LogP) is 2.59. The van der Waals surface area contributed by atoms with Gasteiger partial charge in [-0.1, -0.05) is 0 Å². The molecule has 1 radical (unpaired) electrons. The second kappa shape index (κ2) is 4.84. The first-order valence-electron chi connectivity index (χ1n) is 4.33. The normalized spacial score (nSPS) is 12.3. The summed E-state index contributed by atoms with van der Waals surface area (Å²) in [6.07, 6.45) is 0. The molecule has 0 saturated heterocycles. The number of hydrogen-bond acceptors (Lipinski definition) is 2. The fourth-order valence-electron chi connectivity index (χ4n) is 1.15. The average molecular weight is 197 g/mol. The number of halogens is 1. The van der Waals surface area contributed by atoms with Crippen LogP contribution in [0.1, 0.15) is 11.5 Å². The zero-order chi connectivity index (χ0) is 10.6. The smallest absolute Gasteiger partial charge is 0.122 e. The number of benzene rings is 1. The Kier molecular flexibility index (Phi) is 3.74. The van der Waals surface area contributed by atoms with Crippen LogP contribution in [0.15, 0.2) is 18.2 Å². The average Bonchev–Trinajstić information content (AvgIpc) is 2.27. The molecule has 0 N–H and O–H groups in total. The number of methoxy groups -OCH3 is 2. The van der Waals surface area contributed by atoms with Gasteiger partial charge in [0.1, 0.15) is 11.5 Å². The number of alkyl halides is 1. The van der Waals surface area contributed by atoms with Crippen molar-refractivity contribution in [1.82, 2.24) is 0 Å². The van der Waals surface area contributed by atoms with E-state index in [9.17, 15) is 4.39 Å². The van der Waals surface area contributed by atoms with E-state index < -0.39 is 6.67 Å². The van der Waals surface area contributed by atoms with Gasteiger partial charge < -0.3 is 9.47 Å². The fraction of sp³-hybridized carbons (Fsp3) is 0.364. The molecule has 3 heteroatoms. The maximum atomic E-state index is 12.4. The maximum Gasteiger partial charge on any atom is 0.122 e. The van der Waals surface area contributed by atoms with Crippen molar-refractivity contribution in [3.8, 4) is 11.5 Å². The van der Waals surface area contributed by atoms with Crippen molar-refractivity contribution < 1.29 is 13.9 Å². The lowest BCUT2D eigenvalue weighted by Crippen LogP contribution is -1.97. The third-order valence-corrected chi connectivity index (χ3v) is 2.03. The lowest BCUT2D eigenvalue weighted by Gasteiger charge is -2.11. The van der Waals surface area contributed by atoms with E-state index >= 15 is 0 Å². The SMILES string of the molecule is [CH2]C(CF)c1cc(OC)cc(OC)c1. The quantitative estimate of drug-likeness (QED) is 0.738. The summed E-state index contributed by atoms with van der Waals surface area (Å²) in [6, 6.07) is 5.27. The second-order valence-corrected chi connectivity index (χ2v) is 3.00. The molecule has 2 nitrogen and oxygen atoms in total. The molecule has 0 aromatic heterocycles. The first-order valence-corrected chi connectivity index (χ1v) is 4.33. The molecule has 1 aromatic rings. The minimum atomic E-state index is -0.490. The van der Waals surface area contributed by atoms with E-state index in [1.54, 1.807) is 32.4 Å². The van der Waals surface area contributed by atoms with Crippen molar-refractivity contribution in [1.29, 1.82) is 0 Å². The maximum absolute atomic E-state index is 12.4. The lowest BCUT2D eigenvalue weighted by molar-refractivity contribution is 0.391. The van der Waals surface area contributed by atoms with Gasteiger partial charge in [-0.3, -0.25) is 4.39 Å². The molecule has 0 fully saturated rings. The van der Waals surface area contributed by atoms with E-state index in [1.807, 2.05) is 0 Å². The van der Waals surface area contributed by atoms with Gasteiger partial charge in [0, 0.05) is 12.0 Å². The van der Waals surface area contributed by atoms with Gasteiger partial charge in [-0.2, -0.15) is 0 Å². The second-order valence-electron chi connectivity index (χ2n) is 3.00. The van der Waals surface area contributed by atoms with Gasteiger partial charge in [0.2, 0.25) is 0 Å². The van der Waals surface area contributed by atoms with Crippen LogP contribution >= 0.6 is 0 Å². The Labute approximate surface area is 83.6 Å². The molecule has 0 heterocycles. The van der Waals surface area contributed by atoms with E-state index in [4.69, 9.17) is 9.47 Å². The lowest BCUT2D eigenvalue weighted by atomic mass is 10.0. The topological polar surface area (TPSA) is 18.5 Å². The number of hydrogen-bond donors (Lipinski definition) is 0. The monoisotopic (exact) mass is 197 g/mol. The summed E-state index contributed by atoms with van der Waals surface area (Å²) in [6.45, 7) is 3.20. The van der Waals surface area contributed by atoms with Crippen molar-refractivity contribution in [3.05, 3.63) is 30.7 Å². The van der Waals surface area contributed by atoms with Gasteiger partial charge in [-0.15, -0.1) is 0 Å². The van der Waals surface area contributed by atoms with Crippen LogP contribution in [-0.2, 0) is 0 Å². The third-order valence-electron chi connectivity index (χ3n) is 2.03. The molecule has 0 aliphatic carbocycles. The molecule has 1 atom stereocenters. The summed E-state index contributed by atoms with van der Waals surface area (Å²) in [5, 5.41) is 0. The fourth-order valence-corrected chi connectivity index (χ4v) is 1.15. The highest BCUT2D eigenvalue weighted by Crippen LogP contribution is 2.27. The van der Waals surface area contributed by atoms with Gasteiger partial charge in [0.15, 0.2) is 0 Å². The number of rotatable bonds is 4. The van der Waals surface area contributed by atoms with Gasteiger partial charge >= 0.3 is 0 Å². The molecule has 0 spiro atoms. The Hall–Kier alpha value is -1.25. The third kappa shape index (κ3) is 2.37. The largest absolute Gasteiger partial charge is 0.497 e. The van der Waals surface area contributed by atoms with Crippen molar-refractivity contribution in [2.45, 2.75) is 5.92 Å². The van der Waals surface area contributed by atoms with Crippen molar-refractivity contribution in [2.75, 3.05) is 20.9 Å². The van der Waals surface area contributed by atoms with Crippen molar-refractivity contribution >= 4 is 0 Å². The minimum absolute atomic E-state index is 0.376. The Morgan fingerprint density at radius 2 is 1.71 bits per heavy atom. The summed E-state index contributed by atoms with van der Waals surface area (Å²) in [7, 11) is 3.12. The molecule has 0 bridgehead atoms. The zero-order valence-corrected chi connectivity index (χ0v) is 8.42. The summed E-state index contributed by atoms with van der Waals surface area (Å²) in [5.74, 6) is 0.932. The van der Waals surface area contributed by atoms with E-state index in [2.05, 4.69) is 6.92 Å². The van der Waals surface area contributed by atoms with Crippen LogP contribution in [0.2, 0.25) is 0 Å². The summed E-state index contributed by atoms with van der Waals surface area (Å²) in [4.78, 5) is 0.